The van der Waals surface area contributed by atoms with Crippen molar-refractivity contribution in [2.75, 3.05) is 19.0 Å². The third-order valence-electron chi connectivity index (χ3n) is 4.73. The molecule has 2 nitrogen and oxygen atoms in total. The van der Waals surface area contributed by atoms with E-state index in [9.17, 15) is 0 Å². The minimum atomic E-state index is 0.319. The van der Waals surface area contributed by atoms with Gasteiger partial charge in [0.1, 0.15) is 0 Å². The molecule has 0 N–H and O–H groups in total. The van der Waals surface area contributed by atoms with E-state index in [4.69, 9.17) is 16.6 Å². The van der Waals surface area contributed by atoms with Crippen molar-refractivity contribution in [2.45, 2.75) is 16.6 Å². The van der Waals surface area contributed by atoms with Crippen LogP contribution in [-0.4, -0.2) is 19.8 Å². The second-order valence-corrected chi connectivity index (χ2v) is 8.51. The Hall–Kier alpha value is -2.23. The van der Waals surface area contributed by atoms with Crippen LogP contribution in [0.4, 0.5) is 11.4 Å². The van der Waals surface area contributed by atoms with Gasteiger partial charge >= 0.3 is 0 Å². The number of hydrogen-bond acceptors (Lipinski definition) is 3. The van der Waals surface area contributed by atoms with Crippen LogP contribution in [0.15, 0.2) is 82.7 Å². The van der Waals surface area contributed by atoms with Crippen molar-refractivity contribution in [3.05, 3.63) is 88.9 Å². The van der Waals surface area contributed by atoms with Crippen LogP contribution in [0.2, 0.25) is 5.02 Å². The first-order valence-corrected chi connectivity index (χ1v) is 10.2. The molecule has 4 heteroatoms. The van der Waals surface area contributed by atoms with Crippen LogP contribution in [-0.2, 0) is 0 Å². The molecule has 1 heterocycles. The van der Waals surface area contributed by atoms with Crippen molar-refractivity contribution in [1.29, 1.82) is 0 Å². The lowest BCUT2D eigenvalue weighted by atomic mass is 10.0. The third-order valence-corrected chi connectivity index (χ3v) is 6.30. The lowest BCUT2D eigenvalue weighted by molar-refractivity contribution is 1.01. The van der Waals surface area contributed by atoms with E-state index in [-0.39, 0.29) is 0 Å². The van der Waals surface area contributed by atoms with Gasteiger partial charge in [-0.15, -0.1) is 11.8 Å². The summed E-state index contributed by atoms with van der Waals surface area (Å²) in [6.45, 7) is 0. The van der Waals surface area contributed by atoms with Gasteiger partial charge < -0.3 is 4.90 Å². The van der Waals surface area contributed by atoms with Gasteiger partial charge in [-0.25, -0.2) is 0 Å². The molecule has 0 aliphatic carbocycles. The van der Waals surface area contributed by atoms with Crippen LogP contribution in [0.3, 0.4) is 0 Å². The number of halogens is 1. The third kappa shape index (κ3) is 4.05. The normalized spacial score (nSPS) is 16.3. The number of aliphatic imine (C=N–C) groups is 1. The number of nitrogens with zero attached hydrogens (tertiary/aromatic N) is 2. The van der Waals surface area contributed by atoms with E-state index in [0.717, 1.165) is 28.4 Å². The van der Waals surface area contributed by atoms with Gasteiger partial charge in [-0.3, -0.25) is 4.99 Å². The molecule has 0 radical (unpaired) electrons. The largest absolute Gasteiger partial charge is 0.378 e. The molecule has 1 aliphatic heterocycles. The number of fused-ring (bicyclic) bond motifs is 1. The fourth-order valence-electron chi connectivity index (χ4n) is 3.21. The van der Waals surface area contributed by atoms with Crippen molar-refractivity contribution in [1.82, 2.24) is 0 Å². The van der Waals surface area contributed by atoms with E-state index < -0.39 is 0 Å². The number of para-hydroxylation sites is 1. The fourth-order valence-corrected chi connectivity index (χ4v) is 4.57. The van der Waals surface area contributed by atoms with Gasteiger partial charge in [0.15, 0.2) is 0 Å². The summed E-state index contributed by atoms with van der Waals surface area (Å²) in [5.74, 6) is 0. The smallest absolute Gasteiger partial charge is 0.0769 e. The topological polar surface area (TPSA) is 15.6 Å². The lowest BCUT2D eigenvalue weighted by Gasteiger charge is -2.18. The highest BCUT2D eigenvalue weighted by atomic mass is 35.5. The Balaban J connectivity index is 1.74. The number of hydrogen-bond donors (Lipinski definition) is 0. The second-order valence-electron chi connectivity index (χ2n) is 6.83. The first-order valence-electron chi connectivity index (χ1n) is 8.96. The van der Waals surface area contributed by atoms with E-state index >= 15 is 0 Å². The van der Waals surface area contributed by atoms with Gasteiger partial charge in [-0.1, -0.05) is 48.0 Å². The number of benzene rings is 3. The van der Waals surface area contributed by atoms with Crippen LogP contribution < -0.4 is 4.90 Å². The Morgan fingerprint density at radius 2 is 1.63 bits per heavy atom. The van der Waals surface area contributed by atoms with Crippen molar-refractivity contribution < 1.29 is 0 Å². The van der Waals surface area contributed by atoms with Gasteiger partial charge in [0, 0.05) is 47.1 Å². The van der Waals surface area contributed by atoms with Crippen LogP contribution in [0.1, 0.15) is 22.8 Å². The average molecular weight is 393 g/mol. The van der Waals surface area contributed by atoms with Gasteiger partial charge in [0.25, 0.3) is 0 Å². The molecule has 0 amide bonds. The predicted octanol–water partition coefficient (Wildman–Crippen LogP) is 6.76. The molecule has 0 bridgehead atoms. The Labute approximate surface area is 169 Å². The summed E-state index contributed by atoms with van der Waals surface area (Å²) >= 11 is 7.97. The van der Waals surface area contributed by atoms with E-state index in [1.54, 1.807) is 0 Å². The summed E-state index contributed by atoms with van der Waals surface area (Å²) in [6.07, 6.45) is 0.877. The molecule has 0 saturated carbocycles. The zero-order valence-electron chi connectivity index (χ0n) is 15.4. The summed E-state index contributed by atoms with van der Waals surface area (Å²) in [5.41, 5.74) is 5.81. The highest BCUT2D eigenvalue weighted by molar-refractivity contribution is 7.99. The predicted molar refractivity (Wildman–Crippen MR) is 118 cm³/mol. The Morgan fingerprint density at radius 3 is 2.33 bits per heavy atom. The summed E-state index contributed by atoms with van der Waals surface area (Å²) < 4.78 is 0. The van der Waals surface area contributed by atoms with Gasteiger partial charge in [-0.05, 0) is 47.5 Å². The molecule has 0 fully saturated rings. The average Bonchev–Trinajstić information content (AvgIpc) is 2.88. The van der Waals surface area contributed by atoms with Gasteiger partial charge in [0.05, 0.1) is 5.69 Å². The molecule has 0 aromatic heterocycles. The van der Waals surface area contributed by atoms with E-state index in [0.29, 0.717) is 5.25 Å². The monoisotopic (exact) mass is 392 g/mol. The fraction of sp³-hybridized carbons (Fsp3) is 0.174. The standard InChI is InChI=1S/C23H21ClN2S/c1-26(2)19-13-9-17(10-14-19)23-15-21(16-7-11-18(24)12-8-16)25-20-5-3-4-6-22(20)27-23/h3-14,23H,15H2,1-2H3. The Bertz CT molecular complexity index is 962. The first-order chi connectivity index (χ1) is 13.1. The SMILES string of the molecule is CN(C)c1ccc(C2CC(c3ccc(Cl)cc3)=Nc3ccccc3S2)cc1. The highest BCUT2D eigenvalue weighted by Crippen LogP contribution is 2.45. The molecule has 1 unspecified atom stereocenters. The van der Waals surface area contributed by atoms with Crippen LogP contribution in [0, 0.1) is 0 Å². The molecule has 3 aromatic rings. The van der Waals surface area contributed by atoms with Gasteiger partial charge in [0.2, 0.25) is 0 Å². The molecular weight excluding hydrogens is 372 g/mol. The van der Waals surface area contributed by atoms with Crippen molar-refractivity contribution in [3.63, 3.8) is 0 Å². The molecule has 1 aliphatic rings. The minimum Gasteiger partial charge on any atom is -0.378 e. The van der Waals surface area contributed by atoms with Crippen molar-refractivity contribution >= 4 is 40.4 Å². The molecule has 1 atom stereocenters. The lowest BCUT2D eigenvalue weighted by Crippen LogP contribution is -2.09. The van der Waals surface area contributed by atoms with E-state index in [1.807, 2.05) is 23.9 Å². The van der Waals surface area contributed by atoms with E-state index in [1.165, 1.54) is 16.1 Å². The van der Waals surface area contributed by atoms with Gasteiger partial charge in [-0.2, -0.15) is 0 Å². The zero-order chi connectivity index (χ0) is 18.8. The van der Waals surface area contributed by atoms with Crippen molar-refractivity contribution in [3.8, 4) is 0 Å². The maximum absolute atomic E-state index is 6.08. The molecule has 3 aromatic carbocycles. The summed E-state index contributed by atoms with van der Waals surface area (Å²) in [5, 5.41) is 1.07. The zero-order valence-corrected chi connectivity index (χ0v) is 17.0. The molecule has 27 heavy (non-hydrogen) atoms. The molecule has 0 spiro atoms. The summed E-state index contributed by atoms with van der Waals surface area (Å²) in [4.78, 5) is 8.36. The molecule has 4 rings (SSSR count). The highest BCUT2D eigenvalue weighted by Gasteiger charge is 2.22. The maximum Gasteiger partial charge on any atom is 0.0769 e. The minimum absolute atomic E-state index is 0.319. The second kappa shape index (κ2) is 7.79. The Morgan fingerprint density at radius 1 is 0.926 bits per heavy atom. The van der Waals surface area contributed by atoms with E-state index in [2.05, 4.69) is 79.7 Å². The molecule has 136 valence electrons. The Kier molecular flexibility index (Phi) is 5.24. The number of rotatable bonds is 3. The summed E-state index contributed by atoms with van der Waals surface area (Å²) in [7, 11) is 4.13. The van der Waals surface area contributed by atoms with Crippen LogP contribution in [0.5, 0.6) is 0 Å². The molecular formula is C23H21ClN2S. The number of thioether (sulfide) groups is 1. The van der Waals surface area contributed by atoms with Crippen LogP contribution in [0.25, 0.3) is 0 Å². The number of anilines is 1. The maximum atomic E-state index is 6.08. The first kappa shape index (κ1) is 18.1. The van der Waals surface area contributed by atoms with Crippen LogP contribution >= 0.6 is 23.4 Å². The molecule has 0 saturated heterocycles. The quantitative estimate of drug-likeness (QED) is 0.489. The van der Waals surface area contributed by atoms with Crippen molar-refractivity contribution in [2.24, 2.45) is 4.99 Å². The summed E-state index contributed by atoms with van der Waals surface area (Å²) in [6, 6.07) is 25.2.